The van der Waals surface area contributed by atoms with Gasteiger partial charge in [-0.25, -0.2) is 18.4 Å². The van der Waals surface area contributed by atoms with Crippen molar-refractivity contribution in [2.75, 3.05) is 23.9 Å². The van der Waals surface area contributed by atoms with Crippen LogP contribution in [-0.4, -0.2) is 42.8 Å². The summed E-state index contributed by atoms with van der Waals surface area (Å²) in [7, 11) is -2.84. The van der Waals surface area contributed by atoms with Crippen LogP contribution in [0.1, 0.15) is 0 Å². The van der Waals surface area contributed by atoms with Crippen molar-refractivity contribution < 1.29 is 17.8 Å². The summed E-state index contributed by atoms with van der Waals surface area (Å²) in [6.45, 7) is 0.174. The predicted octanol–water partition coefficient (Wildman–Crippen LogP) is 0.821. The smallest absolute Gasteiger partial charge is 0.364 e. The van der Waals surface area contributed by atoms with E-state index in [2.05, 4.69) is 41.4 Å². The second-order valence-electron chi connectivity index (χ2n) is 5.64. The number of nitrogens with zero attached hydrogens (tertiary/aromatic N) is 5. The van der Waals surface area contributed by atoms with Gasteiger partial charge in [0.05, 0.1) is 10.2 Å². The molecule has 11 nitrogen and oxygen atoms in total. The molecule has 2 aromatic heterocycles. The highest BCUT2D eigenvalue weighted by Crippen LogP contribution is 2.26. The standard InChI is InChI=1S/C14H13BrFN7O4S/c1-28(25,19-7-17)5-4-18-12-11(20-27-21-12)13-22-26-14(24)23(13)8-2-3-10(16)9(15)6-8/h2-3,6,28H,4-5H2,1H3,(H,18,21)(H,19,25). The van der Waals surface area contributed by atoms with E-state index in [1.807, 2.05) is 0 Å². The van der Waals surface area contributed by atoms with Crippen LogP contribution in [0.5, 0.6) is 0 Å². The molecular formula is C14H13BrFN7O4S. The number of hydrogen-bond donors (Lipinski definition) is 3. The van der Waals surface area contributed by atoms with E-state index < -0.39 is 21.7 Å². The van der Waals surface area contributed by atoms with Crippen molar-refractivity contribution in [3.63, 3.8) is 0 Å². The zero-order valence-corrected chi connectivity index (χ0v) is 16.7. The molecule has 2 heterocycles. The number of rotatable bonds is 7. The Balaban J connectivity index is 1.90. The summed E-state index contributed by atoms with van der Waals surface area (Å²) < 4.78 is 38.4. The number of nitriles is 1. The lowest BCUT2D eigenvalue weighted by molar-refractivity contribution is 0.309. The van der Waals surface area contributed by atoms with E-state index in [-0.39, 0.29) is 39.8 Å². The van der Waals surface area contributed by atoms with E-state index >= 15 is 0 Å². The maximum atomic E-state index is 13.5. The summed E-state index contributed by atoms with van der Waals surface area (Å²) in [5.74, 6) is -1.08. The van der Waals surface area contributed by atoms with Gasteiger partial charge in [-0.1, -0.05) is 5.16 Å². The second kappa shape index (κ2) is 7.90. The average Bonchev–Trinajstić information content (AvgIpc) is 3.23. The Morgan fingerprint density at radius 3 is 2.89 bits per heavy atom. The zero-order valence-electron chi connectivity index (χ0n) is 14.2. The van der Waals surface area contributed by atoms with Gasteiger partial charge in [-0.05, 0) is 54.6 Å². The van der Waals surface area contributed by atoms with Crippen molar-refractivity contribution in [2.24, 2.45) is 0 Å². The van der Waals surface area contributed by atoms with Crippen molar-refractivity contribution in [1.82, 2.24) is 24.8 Å². The van der Waals surface area contributed by atoms with Crippen molar-refractivity contribution in [3.8, 4) is 23.4 Å². The molecular weight excluding hydrogens is 461 g/mol. The maximum Gasteiger partial charge on any atom is 0.446 e. The quantitative estimate of drug-likeness (QED) is 0.257. The molecule has 3 rings (SSSR count). The minimum absolute atomic E-state index is 0.0258. The molecule has 0 unspecified atom stereocenters. The minimum atomic E-state index is -2.84. The third-order valence-electron chi connectivity index (χ3n) is 3.58. The van der Waals surface area contributed by atoms with Crippen LogP contribution in [0.2, 0.25) is 0 Å². The largest absolute Gasteiger partial charge is 0.446 e. The molecule has 148 valence electrons. The first-order chi connectivity index (χ1) is 13.3. The summed E-state index contributed by atoms with van der Waals surface area (Å²) in [6.07, 6.45) is 3.08. The van der Waals surface area contributed by atoms with E-state index in [9.17, 15) is 13.4 Å². The average molecular weight is 474 g/mol. The minimum Gasteiger partial charge on any atom is -0.364 e. The van der Waals surface area contributed by atoms with Crippen LogP contribution in [0.25, 0.3) is 17.2 Å². The maximum absolute atomic E-state index is 13.5. The molecule has 0 bridgehead atoms. The highest BCUT2D eigenvalue weighted by Gasteiger charge is 2.23. The molecule has 1 aromatic carbocycles. The molecule has 3 aromatic rings. The number of nitrogens with one attached hydrogen (secondary N) is 2. The Kier molecular flexibility index (Phi) is 5.56. The van der Waals surface area contributed by atoms with Crippen LogP contribution in [0.4, 0.5) is 10.2 Å². The molecule has 2 N–H and O–H groups in total. The third kappa shape index (κ3) is 4.10. The number of halogens is 2. The number of aromatic nitrogens is 4. The summed E-state index contributed by atoms with van der Waals surface area (Å²) in [4.78, 5) is 12.1. The van der Waals surface area contributed by atoms with Crippen LogP contribution in [-0.2, 0) is 10.1 Å². The van der Waals surface area contributed by atoms with Gasteiger partial charge >= 0.3 is 5.76 Å². The molecule has 0 fully saturated rings. The van der Waals surface area contributed by atoms with Gasteiger partial charge in [0.2, 0.25) is 11.6 Å². The monoisotopic (exact) mass is 473 g/mol. The fraction of sp³-hybridized carbons (Fsp3) is 0.214. The molecule has 28 heavy (non-hydrogen) atoms. The Labute approximate surface area is 166 Å². The summed E-state index contributed by atoms with van der Waals surface area (Å²) in [5, 5.41) is 22.6. The first kappa shape index (κ1) is 19.7. The van der Waals surface area contributed by atoms with Gasteiger partial charge in [-0.3, -0.25) is 13.5 Å². The van der Waals surface area contributed by atoms with E-state index in [1.165, 1.54) is 24.5 Å². The first-order valence-electron chi connectivity index (χ1n) is 7.66. The van der Waals surface area contributed by atoms with Crippen molar-refractivity contribution in [1.29, 1.82) is 5.26 Å². The van der Waals surface area contributed by atoms with Crippen LogP contribution < -0.4 is 15.8 Å². The van der Waals surface area contributed by atoms with Gasteiger partial charge in [0, 0.05) is 18.6 Å². The number of anilines is 1. The summed E-state index contributed by atoms with van der Waals surface area (Å²) >= 11 is 3.05. The van der Waals surface area contributed by atoms with Gasteiger partial charge in [-0.15, -0.1) is 0 Å². The van der Waals surface area contributed by atoms with Gasteiger partial charge < -0.3 is 5.32 Å². The molecule has 0 aliphatic rings. The summed E-state index contributed by atoms with van der Waals surface area (Å²) in [6, 6.07) is 3.91. The SMILES string of the molecule is C[SH](=O)(CCNc1nonc1-c1noc(=O)n1-c1ccc(F)c(Br)c1)NC#N. The lowest BCUT2D eigenvalue weighted by atomic mass is 10.3. The highest BCUT2D eigenvalue weighted by atomic mass is 79.9. The molecule has 0 aliphatic heterocycles. The van der Waals surface area contributed by atoms with Crippen LogP contribution >= 0.6 is 15.9 Å². The molecule has 0 atom stereocenters. The van der Waals surface area contributed by atoms with Gasteiger partial charge in [0.25, 0.3) is 0 Å². The lowest BCUT2D eigenvalue weighted by Crippen LogP contribution is -2.32. The van der Waals surface area contributed by atoms with Crippen LogP contribution in [0, 0.1) is 17.3 Å². The van der Waals surface area contributed by atoms with Crippen molar-refractivity contribution >= 4 is 31.9 Å². The topological polar surface area (TPSA) is 152 Å². The van der Waals surface area contributed by atoms with Crippen molar-refractivity contribution in [2.45, 2.75) is 0 Å². The third-order valence-corrected chi connectivity index (χ3v) is 5.84. The first-order valence-corrected chi connectivity index (χ1v) is 10.8. The number of hydrogen-bond acceptors (Lipinski definition) is 9. The highest BCUT2D eigenvalue weighted by molar-refractivity contribution is 9.10. The summed E-state index contributed by atoms with van der Waals surface area (Å²) in [5.41, 5.74) is 0.338. The normalized spacial score (nSPS) is 11.8. The van der Waals surface area contributed by atoms with Gasteiger partial charge in [0.15, 0.2) is 11.9 Å². The molecule has 0 saturated carbocycles. The van der Waals surface area contributed by atoms with Gasteiger partial charge in [0.1, 0.15) is 5.82 Å². The predicted molar refractivity (Wildman–Crippen MR) is 101 cm³/mol. The number of benzene rings is 1. The second-order valence-corrected chi connectivity index (χ2v) is 9.37. The van der Waals surface area contributed by atoms with Gasteiger partial charge in [-0.2, -0.15) is 5.26 Å². The lowest BCUT2D eigenvalue weighted by Gasteiger charge is -2.16. The van der Waals surface area contributed by atoms with E-state index in [0.29, 0.717) is 0 Å². The van der Waals surface area contributed by atoms with Crippen molar-refractivity contribution in [3.05, 3.63) is 39.0 Å². The Hall–Kier alpha value is -3.05. The molecule has 14 heteroatoms. The Morgan fingerprint density at radius 2 is 2.18 bits per heavy atom. The molecule has 0 amide bonds. The van der Waals surface area contributed by atoms with Crippen LogP contribution in [0.3, 0.4) is 0 Å². The van der Waals surface area contributed by atoms with Crippen LogP contribution in [0.15, 0.2) is 36.6 Å². The molecule has 0 aliphatic carbocycles. The molecule has 0 spiro atoms. The fourth-order valence-corrected chi connectivity index (χ4v) is 3.48. The molecule has 0 radical (unpaired) electrons. The fourth-order valence-electron chi connectivity index (χ4n) is 2.25. The Morgan fingerprint density at radius 1 is 1.39 bits per heavy atom. The zero-order chi connectivity index (χ0) is 20.3. The number of thiol groups is 1. The molecule has 0 saturated heterocycles. The van der Waals surface area contributed by atoms with E-state index in [4.69, 9.17) is 14.4 Å². The van der Waals surface area contributed by atoms with E-state index in [0.717, 1.165) is 4.57 Å². The van der Waals surface area contributed by atoms with E-state index in [1.54, 1.807) is 6.19 Å². The Bertz CT molecular complexity index is 1150.